The summed E-state index contributed by atoms with van der Waals surface area (Å²) in [6.45, 7) is 3.15. The normalized spacial score (nSPS) is 18.4. The van der Waals surface area contributed by atoms with Crippen LogP contribution in [0.3, 0.4) is 0 Å². The number of nitrogens with one attached hydrogen (secondary N) is 1. The first-order chi connectivity index (χ1) is 9.43. The lowest BCUT2D eigenvalue weighted by molar-refractivity contribution is 0.583. The summed E-state index contributed by atoms with van der Waals surface area (Å²) >= 11 is 0. The van der Waals surface area contributed by atoms with Crippen molar-refractivity contribution in [2.45, 2.75) is 6.42 Å². The molecule has 0 saturated carbocycles. The highest BCUT2D eigenvalue weighted by molar-refractivity contribution is 5.55. The second kappa shape index (κ2) is 5.80. The molecule has 0 aliphatic carbocycles. The van der Waals surface area contributed by atoms with Crippen LogP contribution in [-0.4, -0.2) is 29.6 Å². The van der Waals surface area contributed by atoms with E-state index in [9.17, 15) is 0 Å². The number of anilines is 2. The molecule has 4 heteroatoms. The number of hydrogen-bond acceptors (Lipinski definition) is 4. The van der Waals surface area contributed by atoms with Crippen molar-refractivity contribution >= 4 is 11.6 Å². The maximum absolute atomic E-state index is 4.46. The fourth-order valence-corrected chi connectivity index (χ4v) is 2.46. The quantitative estimate of drug-likeness (QED) is 0.908. The molecule has 1 aliphatic rings. The van der Waals surface area contributed by atoms with E-state index >= 15 is 0 Å². The molecule has 1 fully saturated rings. The van der Waals surface area contributed by atoms with E-state index in [1.165, 1.54) is 6.42 Å². The largest absolute Gasteiger partial charge is 0.316 e. The second-order valence-corrected chi connectivity index (χ2v) is 4.85. The fraction of sp³-hybridized carbons (Fsp3) is 0.333. The summed E-state index contributed by atoms with van der Waals surface area (Å²) in [5.74, 6) is 2.59. The molecule has 1 aliphatic heterocycles. The number of pyridine rings is 2. The molecular formula is C15H18N4. The van der Waals surface area contributed by atoms with Crippen LogP contribution in [0.25, 0.3) is 0 Å². The van der Waals surface area contributed by atoms with Crippen molar-refractivity contribution in [2.24, 2.45) is 5.92 Å². The highest BCUT2D eigenvalue weighted by Crippen LogP contribution is 2.23. The average molecular weight is 254 g/mol. The van der Waals surface area contributed by atoms with Gasteiger partial charge in [0.2, 0.25) is 0 Å². The monoisotopic (exact) mass is 254 g/mol. The van der Waals surface area contributed by atoms with Crippen molar-refractivity contribution < 1.29 is 0 Å². The van der Waals surface area contributed by atoms with Crippen LogP contribution >= 0.6 is 0 Å². The summed E-state index contributed by atoms with van der Waals surface area (Å²) < 4.78 is 0. The number of rotatable bonds is 4. The number of hydrogen-bond donors (Lipinski definition) is 1. The SMILES string of the molecule is c1ccc(N(CC2CCNC2)c2ccccn2)nc1. The first kappa shape index (κ1) is 12.1. The zero-order valence-electron chi connectivity index (χ0n) is 10.9. The lowest BCUT2D eigenvalue weighted by Crippen LogP contribution is -2.27. The van der Waals surface area contributed by atoms with Gasteiger partial charge in [-0.2, -0.15) is 0 Å². The van der Waals surface area contributed by atoms with Gasteiger partial charge >= 0.3 is 0 Å². The molecule has 0 radical (unpaired) electrons. The van der Waals surface area contributed by atoms with E-state index in [4.69, 9.17) is 0 Å². The van der Waals surface area contributed by atoms with Gasteiger partial charge in [0.15, 0.2) is 0 Å². The Morgan fingerprint density at radius 3 is 2.21 bits per heavy atom. The van der Waals surface area contributed by atoms with E-state index in [1.54, 1.807) is 0 Å². The minimum Gasteiger partial charge on any atom is -0.316 e. The molecule has 1 unspecified atom stereocenters. The Labute approximate surface area is 113 Å². The standard InChI is InChI=1S/C15H18N4/c1-3-8-17-14(5-1)19(12-13-7-10-16-11-13)15-6-2-4-9-18-15/h1-6,8-9,13,16H,7,10-12H2. The van der Waals surface area contributed by atoms with E-state index in [1.807, 2.05) is 48.8 Å². The van der Waals surface area contributed by atoms with Crippen molar-refractivity contribution in [2.75, 3.05) is 24.5 Å². The molecule has 2 aromatic rings. The third kappa shape index (κ3) is 2.90. The van der Waals surface area contributed by atoms with Gasteiger partial charge in [-0.1, -0.05) is 12.1 Å². The third-order valence-electron chi connectivity index (χ3n) is 3.45. The van der Waals surface area contributed by atoms with Gasteiger partial charge in [0.25, 0.3) is 0 Å². The van der Waals surface area contributed by atoms with E-state index in [0.717, 1.165) is 31.3 Å². The van der Waals surface area contributed by atoms with E-state index in [2.05, 4.69) is 20.2 Å². The molecule has 98 valence electrons. The maximum Gasteiger partial charge on any atom is 0.134 e. The Balaban J connectivity index is 1.87. The van der Waals surface area contributed by atoms with Crippen LogP contribution in [-0.2, 0) is 0 Å². The van der Waals surface area contributed by atoms with Crippen molar-refractivity contribution in [1.82, 2.24) is 15.3 Å². The summed E-state index contributed by atoms with van der Waals surface area (Å²) in [6, 6.07) is 12.0. The molecular weight excluding hydrogens is 236 g/mol. The summed E-state index contributed by atoms with van der Waals surface area (Å²) in [4.78, 5) is 11.1. The van der Waals surface area contributed by atoms with E-state index in [0.29, 0.717) is 5.92 Å². The summed E-state index contributed by atoms with van der Waals surface area (Å²) in [5.41, 5.74) is 0. The molecule has 0 bridgehead atoms. The van der Waals surface area contributed by atoms with E-state index < -0.39 is 0 Å². The Hall–Kier alpha value is -1.94. The van der Waals surface area contributed by atoms with Crippen LogP contribution < -0.4 is 10.2 Å². The molecule has 1 atom stereocenters. The highest BCUT2D eigenvalue weighted by Gasteiger charge is 2.20. The molecule has 0 spiro atoms. The predicted molar refractivity (Wildman–Crippen MR) is 76.5 cm³/mol. The molecule has 1 N–H and O–H groups in total. The molecule has 3 heterocycles. The first-order valence-electron chi connectivity index (χ1n) is 6.74. The van der Waals surface area contributed by atoms with Crippen LogP contribution in [0.4, 0.5) is 11.6 Å². The molecule has 1 saturated heterocycles. The molecule has 0 amide bonds. The van der Waals surface area contributed by atoms with Crippen LogP contribution in [0.2, 0.25) is 0 Å². The lowest BCUT2D eigenvalue weighted by atomic mass is 10.1. The van der Waals surface area contributed by atoms with E-state index in [-0.39, 0.29) is 0 Å². The minimum absolute atomic E-state index is 0.656. The smallest absolute Gasteiger partial charge is 0.134 e. The Bertz CT molecular complexity index is 455. The van der Waals surface area contributed by atoms with Gasteiger partial charge < -0.3 is 10.2 Å². The third-order valence-corrected chi connectivity index (χ3v) is 3.45. The molecule has 19 heavy (non-hydrogen) atoms. The molecule has 2 aromatic heterocycles. The summed E-state index contributed by atoms with van der Waals surface area (Å²) in [6.07, 6.45) is 4.88. The van der Waals surface area contributed by atoms with Crippen molar-refractivity contribution in [1.29, 1.82) is 0 Å². The Kier molecular flexibility index (Phi) is 3.70. The summed E-state index contributed by atoms with van der Waals surface area (Å²) in [7, 11) is 0. The fourth-order valence-electron chi connectivity index (χ4n) is 2.46. The van der Waals surface area contributed by atoms with Gasteiger partial charge in [0.1, 0.15) is 11.6 Å². The molecule has 3 rings (SSSR count). The van der Waals surface area contributed by atoms with Crippen molar-refractivity contribution in [3.8, 4) is 0 Å². The number of nitrogens with zero attached hydrogens (tertiary/aromatic N) is 3. The minimum atomic E-state index is 0.656. The van der Waals surface area contributed by atoms with Gasteiger partial charge in [-0.3, -0.25) is 0 Å². The zero-order valence-corrected chi connectivity index (χ0v) is 10.9. The summed E-state index contributed by atoms with van der Waals surface area (Å²) in [5, 5.41) is 3.41. The van der Waals surface area contributed by atoms with Crippen LogP contribution in [0, 0.1) is 5.92 Å². The number of aromatic nitrogens is 2. The van der Waals surface area contributed by atoms with Gasteiger partial charge in [0, 0.05) is 18.9 Å². The Morgan fingerprint density at radius 2 is 1.74 bits per heavy atom. The predicted octanol–water partition coefficient (Wildman–Crippen LogP) is 2.22. The maximum atomic E-state index is 4.46. The van der Waals surface area contributed by atoms with Crippen LogP contribution in [0.5, 0.6) is 0 Å². The van der Waals surface area contributed by atoms with Gasteiger partial charge in [-0.25, -0.2) is 9.97 Å². The average Bonchev–Trinajstić information content (AvgIpc) is 3.00. The van der Waals surface area contributed by atoms with Crippen molar-refractivity contribution in [3.63, 3.8) is 0 Å². The van der Waals surface area contributed by atoms with Crippen LogP contribution in [0.15, 0.2) is 48.8 Å². The van der Waals surface area contributed by atoms with Crippen molar-refractivity contribution in [3.05, 3.63) is 48.8 Å². The second-order valence-electron chi connectivity index (χ2n) is 4.85. The highest BCUT2D eigenvalue weighted by atomic mass is 15.2. The van der Waals surface area contributed by atoms with Gasteiger partial charge in [-0.15, -0.1) is 0 Å². The zero-order chi connectivity index (χ0) is 12.9. The lowest BCUT2D eigenvalue weighted by Gasteiger charge is -2.25. The van der Waals surface area contributed by atoms with Gasteiger partial charge in [-0.05, 0) is 49.7 Å². The first-order valence-corrected chi connectivity index (χ1v) is 6.74. The van der Waals surface area contributed by atoms with Crippen LogP contribution in [0.1, 0.15) is 6.42 Å². The topological polar surface area (TPSA) is 41.0 Å². The van der Waals surface area contributed by atoms with Gasteiger partial charge in [0.05, 0.1) is 0 Å². The Morgan fingerprint density at radius 1 is 1.05 bits per heavy atom. The molecule has 0 aromatic carbocycles. The molecule has 4 nitrogen and oxygen atoms in total.